The number of thiocarbonyl (C=S) groups is 1. The molecule has 1 atom stereocenters. The lowest BCUT2D eigenvalue weighted by atomic mass is 9.98. The maximum atomic E-state index is 12.2. The molecular formula is C19H26N2O6S. The molecule has 0 spiro atoms. The van der Waals surface area contributed by atoms with E-state index >= 15 is 0 Å². The summed E-state index contributed by atoms with van der Waals surface area (Å²) in [6.07, 6.45) is 1.59. The van der Waals surface area contributed by atoms with Crippen molar-refractivity contribution in [2.75, 3.05) is 46.3 Å². The van der Waals surface area contributed by atoms with Gasteiger partial charge in [0.2, 0.25) is 0 Å². The molecule has 1 aliphatic rings. The van der Waals surface area contributed by atoms with Crippen LogP contribution in [0.3, 0.4) is 0 Å². The van der Waals surface area contributed by atoms with Gasteiger partial charge in [0.1, 0.15) is 0 Å². The van der Waals surface area contributed by atoms with E-state index in [4.69, 9.17) is 31.2 Å². The molecule has 1 saturated heterocycles. The number of ether oxygens (including phenoxy) is 4. The number of carbonyl (C=O) groups excluding carboxylic acids is 2. The topological polar surface area (TPSA) is 86.3 Å². The predicted molar refractivity (Wildman–Crippen MR) is 108 cm³/mol. The molecular weight excluding hydrogens is 384 g/mol. The number of rotatable bonds is 6. The van der Waals surface area contributed by atoms with E-state index in [1.54, 1.807) is 13.0 Å². The molecule has 1 N–H and O–H groups in total. The molecule has 8 nitrogen and oxygen atoms in total. The number of nitrogens with zero attached hydrogens (tertiary/aromatic N) is 1. The first-order valence-electron chi connectivity index (χ1n) is 9.02. The van der Waals surface area contributed by atoms with Crippen LogP contribution in [0.25, 0.3) is 0 Å². The molecule has 0 radical (unpaired) electrons. The minimum absolute atomic E-state index is 0.212. The van der Waals surface area contributed by atoms with Gasteiger partial charge in [0.25, 0.3) is 0 Å². The zero-order chi connectivity index (χ0) is 20.7. The molecule has 1 heterocycles. The highest BCUT2D eigenvalue weighted by Gasteiger charge is 2.28. The second-order valence-corrected chi connectivity index (χ2v) is 6.60. The van der Waals surface area contributed by atoms with Gasteiger partial charge in [0.15, 0.2) is 16.6 Å². The third kappa shape index (κ3) is 5.03. The number of esters is 2. The van der Waals surface area contributed by atoms with Crippen LogP contribution in [0.5, 0.6) is 11.5 Å². The van der Waals surface area contributed by atoms with E-state index in [1.165, 1.54) is 27.4 Å². The number of hydrogen-bond donors (Lipinski definition) is 1. The summed E-state index contributed by atoms with van der Waals surface area (Å²) >= 11 is 5.52. The Bertz CT molecular complexity index is 739. The van der Waals surface area contributed by atoms with Crippen molar-refractivity contribution in [2.45, 2.75) is 19.8 Å². The highest BCUT2D eigenvalue weighted by molar-refractivity contribution is 7.80. The summed E-state index contributed by atoms with van der Waals surface area (Å²) in [6, 6.07) is 3.16. The lowest BCUT2D eigenvalue weighted by Gasteiger charge is -2.33. The average Bonchev–Trinajstić information content (AvgIpc) is 2.72. The standard InChI is InChI=1S/C19H26N2O6S/c1-5-27-17(22)12-7-6-8-21(11-12)19(28)20-14-10-16(25-3)15(24-2)9-13(14)18(23)26-4/h9-10,12H,5-8,11H2,1-4H3,(H,20,28). The Morgan fingerprint density at radius 1 is 1.21 bits per heavy atom. The zero-order valence-corrected chi connectivity index (χ0v) is 17.4. The summed E-state index contributed by atoms with van der Waals surface area (Å²) in [7, 11) is 4.29. The molecule has 154 valence electrons. The maximum absolute atomic E-state index is 12.2. The van der Waals surface area contributed by atoms with Gasteiger partial charge in [-0.2, -0.15) is 0 Å². The smallest absolute Gasteiger partial charge is 0.340 e. The number of hydrogen-bond acceptors (Lipinski definition) is 7. The van der Waals surface area contributed by atoms with Crippen molar-refractivity contribution in [3.8, 4) is 11.5 Å². The molecule has 9 heteroatoms. The van der Waals surface area contributed by atoms with Crippen LogP contribution in [-0.2, 0) is 14.3 Å². The molecule has 0 saturated carbocycles. The molecule has 1 fully saturated rings. The van der Waals surface area contributed by atoms with Crippen molar-refractivity contribution in [3.05, 3.63) is 17.7 Å². The van der Waals surface area contributed by atoms with E-state index in [0.717, 1.165) is 12.8 Å². The Hall–Kier alpha value is -2.55. The Morgan fingerprint density at radius 3 is 2.50 bits per heavy atom. The summed E-state index contributed by atoms with van der Waals surface area (Å²) in [5.74, 6) is -0.118. The van der Waals surface area contributed by atoms with Crippen molar-refractivity contribution in [1.82, 2.24) is 4.90 Å². The third-order valence-corrected chi connectivity index (χ3v) is 4.86. The molecule has 1 aromatic carbocycles. The highest BCUT2D eigenvalue weighted by atomic mass is 32.1. The van der Waals surface area contributed by atoms with Crippen molar-refractivity contribution >= 4 is 35.0 Å². The van der Waals surface area contributed by atoms with Crippen molar-refractivity contribution in [2.24, 2.45) is 5.92 Å². The van der Waals surface area contributed by atoms with Crippen LogP contribution in [0.4, 0.5) is 5.69 Å². The Balaban J connectivity index is 2.22. The predicted octanol–water partition coefficient (Wildman–Crippen LogP) is 2.46. The SMILES string of the molecule is CCOC(=O)C1CCCN(C(=S)Nc2cc(OC)c(OC)cc2C(=O)OC)C1. The molecule has 1 aromatic rings. The minimum atomic E-state index is -0.533. The van der Waals surface area contributed by atoms with Gasteiger partial charge >= 0.3 is 11.9 Å². The normalized spacial score (nSPS) is 16.1. The van der Waals surface area contributed by atoms with E-state index in [9.17, 15) is 9.59 Å². The fourth-order valence-electron chi connectivity index (χ4n) is 3.07. The first-order valence-corrected chi connectivity index (χ1v) is 9.42. The third-order valence-electron chi connectivity index (χ3n) is 4.50. The van der Waals surface area contributed by atoms with Gasteiger partial charge in [-0.05, 0) is 32.0 Å². The number of piperidine rings is 1. The van der Waals surface area contributed by atoms with Gasteiger partial charge in [-0.3, -0.25) is 4.79 Å². The Kier molecular flexibility index (Phi) is 7.86. The average molecular weight is 410 g/mol. The van der Waals surface area contributed by atoms with Gasteiger partial charge in [-0.15, -0.1) is 0 Å². The van der Waals surface area contributed by atoms with Crippen molar-refractivity contribution in [3.63, 3.8) is 0 Å². The lowest BCUT2D eigenvalue weighted by Crippen LogP contribution is -2.44. The fraction of sp³-hybridized carbons (Fsp3) is 0.526. The van der Waals surface area contributed by atoms with Gasteiger partial charge < -0.3 is 29.2 Å². The number of methoxy groups -OCH3 is 3. The molecule has 0 amide bonds. The van der Waals surface area contributed by atoms with Crippen LogP contribution < -0.4 is 14.8 Å². The highest BCUT2D eigenvalue weighted by Crippen LogP contribution is 2.34. The molecule has 0 aliphatic carbocycles. The van der Waals surface area contributed by atoms with Crippen molar-refractivity contribution < 1.29 is 28.5 Å². The summed E-state index contributed by atoms with van der Waals surface area (Å²) in [5.41, 5.74) is 0.703. The summed E-state index contributed by atoms with van der Waals surface area (Å²) in [5, 5.41) is 3.49. The molecule has 1 unspecified atom stereocenters. The number of nitrogens with one attached hydrogen (secondary N) is 1. The summed E-state index contributed by atoms with van der Waals surface area (Å²) < 4.78 is 20.6. The van der Waals surface area contributed by atoms with Crippen LogP contribution >= 0.6 is 12.2 Å². The van der Waals surface area contributed by atoms with E-state index in [2.05, 4.69) is 5.32 Å². The number of benzene rings is 1. The van der Waals surface area contributed by atoms with Crippen LogP contribution in [0, 0.1) is 5.92 Å². The van der Waals surface area contributed by atoms with Crippen LogP contribution in [0.15, 0.2) is 12.1 Å². The lowest BCUT2D eigenvalue weighted by molar-refractivity contribution is -0.149. The molecule has 2 rings (SSSR count). The first-order chi connectivity index (χ1) is 13.4. The Morgan fingerprint density at radius 2 is 1.89 bits per heavy atom. The monoisotopic (exact) mass is 410 g/mol. The molecule has 0 aromatic heterocycles. The zero-order valence-electron chi connectivity index (χ0n) is 16.6. The Labute approximate surface area is 170 Å². The summed E-state index contributed by atoms with van der Waals surface area (Å²) in [4.78, 5) is 26.2. The quantitative estimate of drug-likeness (QED) is 0.561. The molecule has 1 aliphatic heterocycles. The molecule has 0 bridgehead atoms. The van der Waals surface area contributed by atoms with Gasteiger partial charge in [-0.25, -0.2) is 4.79 Å². The van der Waals surface area contributed by atoms with E-state index < -0.39 is 5.97 Å². The van der Waals surface area contributed by atoms with E-state index in [1.807, 2.05) is 4.90 Å². The largest absolute Gasteiger partial charge is 0.493 e. The number of anilines is 1. The van der Waals surface area contributed by atoms with Crippen LogP contribution in [-0.4, -0.2) is 63.0 Å². The van der Waals surface area contributed by atoms with Crippen LogP contribution in [0.1, 0.15) is 30.1 Å². The number of carbonyl (C=O) groups is 2. The van der Waals surface area contributed by atoms with Crippen LogP contribution in [0.2, 0.25) is 0 Å². The second-order valence-electron chi connectivity index (χ2n) is 6.21. The second kappa shape index (κ2) is 10.1. The molecule has 28 heavy (non-hydrogen) atoms. The number of likely N-dealkylation sites (tertiary alicyclic amines) is 1. The maximum Gasteiger partial charge on any atom is 0.340 e. The fourth-order valence-corrected chi connectivity index (χ4v) is 3.35. The van der Waals surface area contributed by atoms with Gasteiger partial charge in [0, 0.05) is 25.2 Å². The van der Waals surface area contributed by atoms with E-state index in [-0.39, 0.29) is 17.5 Å². The van der Waals surface area contributed by atoms with Crippen molar-refractivity contribution in [1.29, 1.82) is 0 Å². The van der Waals surface area contributed by atoms with E-state index in [0.29, 0.717) is 42.0 Å². The van der Waals surface area contributed by atoms with Gasteiger partial charge in [-0.1, -0.05) is 0 Å². The summed E-state index contributed by atoms with van der Waals surface area (Å²) in [6.45, 7) is 3.32. The first kappa shape index (κ1) is 21.7. The minimum Gasteiger partial charge on any atom is -0.493 e. The van der Waals surface area contributed by atoms with Gasteiger partial charge in [0.05, 0.1) is 45.1 Å².